The molecule has 0 spiro atoms. The molecule has 2 N–H and O–H groups in total. The van der Waals surface area contributed by atoms with Gasteiger partial charge in [0.25, 0.3) is 0 Å². The van der Waals surface area contributed by atoms with Crippen molar-refractivity contribution in [2.24, 2.45) is 5.73 Å². The van der Waals surface area contributed by atoms with Crippen LogP contribution in [0.2, 0.25) is 0 Å². The van der Waals surface area contributed by atoms with Gasteiger partial charge >= 0.3 is 0 Å². The summed E-state index contributed by atoms with van der Waals surface area (Å²) in [6.07, 6.45) is 3.36. The highest BCUT2D eigenvalue weighted by Crippen LogP contribution is 2.21. The molecule has 1 saturated carbocycles. The van der Waals surface area contributed by atoms with Gasteiger partial charge in [-0.1, -0.05) is 12.1 Å². The fraction of sp³-hybridized carbons (Fsp3) is 0.462. The highest BCUT2D eigenvalue weighted by Gasteiger charge is 2.21. The third-order valence-electron chi connectivity index (χ3n) is 2.97. The summed E-state index contributed by atoms with van der Waals surface area (Å²) in [5.74, 6) is 0. The van der Waals surface area contributed by atoms with E-state index in [2.05, 4.69) is 6.07 Å². The summed E-state index contributed by atoms with van der Waals surface area (Å²) in [6, 6.07) is 9.97. The molecule has 3 heteroatoms. The second kappa shape index (κ2) is 5.11. The molecule has 1 aromatic carbocycles. The molecule has 0 aliphatic heterocycles. The Morgan fingerprint density at radius 3 is 3.00 bits per heavy atom. The lowest BCUT2D eigenvalue weighted by Crippen LogP contribution is -2.17. The van der Waals surface area contributed by atoms with Gasteiger partial charge in [-0.05, 0) is 37.0 Å². The molecule has 16 heavy (non-hydrogen) atoms. The van der Waals surface area contributed by atoms with Crippen LogP contribution in [0.4, 0.5) is 0 Å². The van der Waals surface area contributed by atoms with Crippen LogP contribution in [-0.2, 0) is 11.3 Å². The van der Waals surface area contributed by atoms with Gasteiger partial charge in [-0.2, -0.15) is 5.26 Å². The Balaban J connectivity index is 1.87. The number of hydrogen-bond acceptors (Lipinski definition) is 3. The summed E-state index contributed by atoms with van der Waals surface area (Å²) < 4.78 is 5.77. The van der Waals surface area contributed by atoms with Crippen molar-refractivity contribution in [2.75, 3.05) is 0 Å². The monoisotopic (exact) mass is 216 g/mol. The van der Waals surface area contributed by atoms with Gasteiger partial charge in [0, 0.05) is 6.04 Å². The van der Waals surface area contributed by atoms with Crippen molar-refractivity contribution in [3.05, 3.63) is 35.4 Å². The normalized spacial score (nSPS) is 24.2. The van der Waals surface area contributed by atoms with E-state index in [1.165, 1.54) is 0 Å². The van der Waals surface area contributed by atoms with E-state index in [1.807, 2.05) is 18.2 Å². The Bertz CT molecular complexity index is 397. The van der Waals surface area contributed by atoms with Gasteiger partial charge in [-0.25, -0.2) is 0 Å². The Hall–Kier alpha value is -1.37. The number of rotatable bonds is 3. The van der Waals surface area contributed by atoms with Crippen LogP contribution >= 0.6 is 0 Å². The minimum Gasteiger partial charge on any atom is -0.373 e. The van der Waals surface area contributed by atoms with Crippen molar-refractivity contribution in [2.45, 2.75) is 38.0 Å². The van der Waals surface area contributed by atoms with Crippen LogP contribution in [0, 0.1) is 11.3 Å². The lowest BCUT2D eigenvalue weighted by Gasteiger charge is -2.11. The minimum atomic E-state index is 0.292. The van der Waals surface area contributed by atoms with E-state index in [9.17, 15) is 0 Å². The largest absolute Gasteiger partial charge is 0.373 e. The number of nitrogens with two attached hydrogens (primary N) is 1. The number of hydrogen-bond donors (Lipinski definition) is 1. The summed E-state index contributed by atoms with van der Waals surface area (Å²) in [4.78, 5) is 0. The molecule has 0 radical (unpaired) electrons. The zero-order chi connectivity index (χ0) is 11.4. The van der Waals surface area contributed by atoms with Gasteiger partial charge in [0.15, 0.2) is 0 Å². The molecule has 1 aliphatic rings. The van der Waals surface area contributed by atoms with Crippen LogP contribution < -0.4 is 5.73 Å². The van der Waals surface area contributed by atoms with Crippen molar-refractivity contribution in [3.63, 3.8) is 0 Å². The summed E-state index contributed by atoms with van der Waals surface area (Å²) in [5, 5.41) is 8.77. The Morgan fingerprint density at radius 1 is 1.44 bits per heavy atom. The number of ether oxygens (including phenoxy) is 1. The average Bonchev–Trinajstić information content (AvgIpc) is 2.73. The van der Waals surface area contributed by atoms with E-state index in [0.29, 0.717) is 24.3 Å². The van der Waals surface area contributed by atoms with E-state index in [0.717, 1.165) is 24.8 Å². The Morgan fingerprint density at radius 2 is 2.31 bits per heavy atom. The number of nitrogens with zero attached hydrogens (tertiary/aromatic N) is 1. The van der Waals surface area contributed by atoms with Gasteiger partial charge in [-0.3, -0.25) is 0 Å². The molecule has 2 atom stereocenters. The Kier molecular flexibility index (Phi) is 3.55. The molecule has 2 rings (SSSR count). The predicted octanol–water partition coefficient (Wildman–Crippen LogP) is 1.95. The van der Waals surface area contributed by atoms with Crippen molar-refractivity contribution in [1.29, 1.82) is 5.26 Å². The SMILES string of the molecule is N#Cc1cccc(COC2CCC(N)C2)c1. The molecule has 3 nitrogen and oxygen atoms in total. The molecular weight excluding hydrogens is 200 g/mol. The van der Waals surface area contributed by atoms with E-state index in [4.69, 9.17) is 15.7 Å². The second-order valence-corrected chi connectivity index (χ2v) is 4.32. The maximum absolute atomic E-state index is 8.77. The summed E-state index contributed by atoms with van der Waals surface area (Å²) >= 11 is 0. The fourth-order valence-corrected chi connectivity index (χ4v) is 2.07. The van der Waals surface area contributed by atoms with Crippen LogP contribution in [0.15, 0.2) is 24.3 Å². The standard InChI is InChI=1S/C13H16N2O/c14-8-10-2-1-3-11(6-10)9-16-13-5-4-12(15)7-13/h1-3,6,12-13H,4-5,7,9,15H2. The molecule has 1 aliphatic carbocycles. The van der Waals surface area contributed by atoms with Crippen LogP contribution in [0.1, 0.15) is 30.4 Å². The summed E-state index contributed by atoms with van der Waals surface area (Å²) in [7, 11) is 0. The third-order valence-corrected chi connectivity index (χ3v) is 2.97. The molecule has 0 saturated heterocycles. The lowest BCUT2D eigenvalue weighted by atomic mass is 10.1. The summed E-state index contributed by atoms with van der Waals surface area (Å²) in [6.45, 7) is 0.576. The molecule has 0 bridgehead atoms. The first-order valence-corrected chi connectivity index (χ1v) is 5.64. The quantitative estimate of drug-likeness (QED) is 0.840. The molecule has 0 heterocycles. The average molecular weight is 216 g/mol. The first kappa shape index (κ1) is 11.1. The van der Waals surface area contributed by atoms with Crippen molar-refractivity contribution >= 4 is 0 Å². The van der Waals surface area contributed by atoms with Gasteiger partial charge in [-0.15, -0.1) is 0 Å². The number of benzene rings is 1. The first-order chi connectivity index (χ1) is 7.78. The number of nitriles is 1. The van der Waals surface area contributed by atoms with Crippen molar-refractivity contribution in [1.82, 2.24) is 0 Å². The zero-order valence-electron chi connectivity index (χ0n) is 9.23. The predicted molar refractivity (Wildman–Crippen MR) is 61.6 cm³/mol. The molecule has 0 amide bonds. The van der Waals surface area contributed by atoms with Crippen LogP contribution in [0.25, 0.3) is 0 Å². The molecule has 84 valence electrons. The second-order valence-electron chi connectivity index (χ2n) is 4.32. The maximum atomic E-state index is 8.77. The Labute approximate surface area is 95.8 Å². The van der Waals surface area contributed by atoms with Gasteiger partial charge in [0.2, 0.25) is 0 Å². The molecule has 0 aromatic heterocycles. The summed E-state index contributed by atoms with van der Waals surface area (Å²) in [5.41, 5.74) is 7.56. The highest BCUT2D eigenvalue weighted by atomic mass is 16.5. The van der Waals surface area contributed by atoms with Gasteiger partial charge in [0.1, 0.15) is 0 Å². The van der Waals surface area contributed by atoms with E-state index >= 15 is 0 Å². The van der Waals surface area contributed by atoms with Crippen LogP contribution in [-0.4, -0.2) is 12.1 Å². The third kappa shape index (κ3) is 2.82. The van der Waals surface area contributed by atoms with E-state index in [1.54, 1.807) is 6.07 Å². The molecule has 2 unspecified atom stereocenters. The topological polar surface area (TPSA) is 59.0 Å². The first-order valence-electron chi connectivity index (χ1n) is 5.64. The highest BCUT2D eigenvalue weighted by molar-refractivity contribution is 5.32. The van der Waals surface area contributed by atoms with E-state index < -0.39 is 0 Å². The van der Waals surface area contributed by atoms with Gasteiger partial charge in [0.05, 0.1) is 24.3 Å². The van der Waals surface area contributed by atoms with Gasteiger partial charge < -0.3 is 10.5 Å². The smallest absolute Gasteiger partial charge is 0.0991 e. The molecule has 1 fully saturated rings. The fourth-order valence-electron chi connectivity index (χ4n) is 2.07. The molecular formula is C13H16N2O. The van der Waals surface area contributed by atoms with Crippen LogP contribution in [0.3, 0.4) is 0 Å². The minimum absolute atomic E-state index is 0.292. The van der Waals surface area contributed by atoms with Crippen molar-refractivity contribution in [3.8, 4) is 6.07 Å². The van der Waals surface area contributed by atoms with Crippen LogP contribution in [0.5, 0.6) is 0 Å². The molecule has 1 aromatic rings. The van der Waals surface area contributed by atoms with E-state index in [-0.39, 0.29) is 0 Å². The maximum Gasteiger partial charge on any atom is 0.0991 e. The lowest BCUT2D eigenvalue weighted by molar-refractivity contribution is 0.0448. The zero-order valence-corrected chi connectivity index (χ0v) is 9.23. The van der Waals surface area contributed by atoms with Crippen molar-refractivity contribution < 1.29 is 4.74 Å².